The number of nitrogens with zero attached hydrogens (tertiary/aromatic N) is 3. The summed E-state index contributed by atoms with van der Waals surface area (Å²) in [6, 6.07) is 11.6. The highest BCUT2D eigenvalue weighted by Gasteiger charge is 2.24. The van der Waals surface area contributed by atoms with Gasteiger partial charge in [-0.2, -0.15) is 0 Å². The first-order chi connectivity index (χ1) is 14.5. The Hall–Kier alpha value is -2.80. The molecule has 0 unspecified atom stereocenters. The number of anilines is 1. The van der Waals surface area contributed by atoms with E-state index in [1.807, 2.05) is 36.1 Å². The van der Waals surface area contributed by atoms with E-state index in [1.54, 1.807) is 11.3 Å². The van der Waals surface area contributed by atoms with Crippen LogP contribution in [0.1, 0.15) is 18.1 Å². The van der Waals surface area contributed by atoms with Gasteiger partial charge in [-0.1, -0.05) is 23.5 Å². The third kappa shape index (κ3) is 4.36. The molecule has 1 amide bonds. The van der Waals surface area contributed by atoms with Gasteiger partial charge in [0, 0.05) is 26.2 Å². The van der Waals surface area contributed by atoms with Crippen molar-refractivity contribution in [3.63, 3.8) is 0 Å². The number of piperazine rings is 1. The Morgan fingerprint density at radius 1 is 0.967 bits per heavy atom. The van der Waals surface area contributed by atoms with Crippen LogP contribution in [0, 0.1) is 13.8 Å². The fourth-order valence-electron chi connectivity index (χ4n) is 3.57. The lowest BCUT2D eigenvalue weighted by Gasteiger charge is -2.34. The molecule has 158 valence electrons. The summed E-state index contributed by atoms with van der Waals surface area (Å²) in [5.74, 6) is 1.48. The number of thiazole rings is 1. The van der Waals surface area contributed by atoms with E-state index in [-0.39, 0.29) is 12.5 Å². The van der Waals surface area contributed by atoms with E-state index >= 15 is 0 Å². The second kappa shape index (κ2) is 8.92. The summed E-state index contributed by atoms with van der Waals surface area (Å²) >= 11 is 1.74. The molecule has 0 atom stereocenters. The van der Waals surface area contributed by atoms with Crippen LogP contribution in [-0.2, 0) is 4.79 Å². The summed E-state index contributed by atoms with van der Waals surface area (Å²) in [4.78, 5) is 21.6. The van der Waals surface area contributed by atoms with E-state index in [9.17, 15) is 4.79 Å². The molecule has 1 aliphatic rings. The number of rotatable bonds is 6. The predicted octanol–water partition coefficient (Wildman–Crippen LogP) is 4.04. The zero-order valence-electron chi connectivity index (χ0n) is 17.7. The fourth-order valence-corrected chi connectivity index (χ4v) is 4.73. The smallest absolute Gasteiger partial charge is 0.260 e. The number of hydrogen-bond donors (Lipinski definition) is 0. The van der Waals surface area contributed by atoms with Gasteiger partial charge in [0.15, 0.2) is 11.7 Å². The van der Waals surface area contributed by atoms with Crippen LogP contribution in [0.4, 0.5) is 5.13 Å². The van der Waals surface area contributed by atoms with Crippen LogP contribution in [0.3, 0.4) is 0 Å². The molecule has 30 heavy (non-hydrogen) atoms. The minimum atomic E-state index is 0.0134. The average molecular weight is 426 g/mol. The first kappa shape index (κ1) is 20.5. The standard InChI is InChI=1S/C23H27N3O3S/c1-4-28-18-7-9-19(10-8-18)29-15-20(27)25-11-13-26(14-12-25)23-24-21-16(2)5-6-17(3)22(21)30-23/h5-10H,4,11-15H2,1-3H3. The van der Waals surface area contributed by atoms with Crippen molar-refractivity contribution in [3.8, 4) is 11.5 Å². The van der Waals surface area contributed by atoms with E-state index in [1.165, 1.54) is 15.8 Å². The van der Waals surface area contributed by atoms with Crippen LogP contribution in [0.25, 0.3) is 10.2 Å². The Balaban J connectivity index is 1.31. The molecule has 1 aromatic heterocycles. The van der Waals surface area contributed by atoms with Crippen molar-refractivity contribution in [2.75, 3.05) is 44.3 Å². The van der Waals surface area contributed by atoms with Gasteiger partial charge < -0.3 is 19.3 Å². The number of aromatic nitrogens is 1. The first-order valence-electron chi connectivity index (χ1n) is 10.3. The Morgan fingerprint density at radius 2 is 1.60 bits per heavy atom. The van der Waals surface area contributed by atoms with Gasteiger partial charge in [-0.3, -0.25) is 4.79 Å². The lowest BCUT2D eigenvalue weighted by atomic mass is 10.1. The maximum Gasteiger partial charge on any atom is 0.260 e. The molecule has 0 bridgehead atoms. The molecule has 6 nitrogen and oxygen atoms in total. The third-order valence-corrected chi connectivity index (χ3v) is 6.58. The summed E-state index contributed by atoms with van der Waals surface area (Å²) < 4.78 is 12.3. The summed E-state index contributed by atoms with van der Waals surface area (Å²) in [5, 5.41) is 1.04. The number of hydrogen-bond acceptors (Lipinski definition) is 6. The quantitative estimate of drug-likeness (QED) is 0.597. The van der Waals surface area contributed by atoms with Crippen molar-refractivity contribution in [2.45, 2.75) is 20.8 Å². The van der Waals surface area contributed by atoms with Crippen LogP contribution in [-0.4, -0.2) is 55.2 Å². The molecule has 1 aliphatic heterocycles. The zero-order chi connectivity index (χ0) is 21.1. The molecule has 0 radical (unpaired) electrons. The number of aryl methyl sites for hydroxylation is 2. The normalized spacial score (nSPS) is 14.2. The maximum atomic E-state index is 12.6. The lowest BCUT2D eigenvalue weighted by Crippen LogP contribution is -2.50. The van der Waals surface area contributed by atoms with Gasteiger partial charge in [0.25, 0.3) is 5.91 Å². The van der Waals surface area contributed by atoms with Crippen molar-refractivity contribution in [1.82, 2.24) is 9.88 Å². The largest absolute Gasteiger partial charge is 0.494 e. The molecule has 4 rings (SSSR count). The van der Waals surface area contributed by atoms with Crippen molar-refractivity contribution in [3.05, 3.63) is 47.5 Å². The van der Waals surface area contributed by atoms with E-state index in [2.05, 4.69) is 30.9 Å². The fraction of sp³-hybridized carbons (Fsp3) is 0.391. The van der Waals surface area contributed by atoms with Crippen molar-refractivity contribution in [2.24, 2.45) is 0 Å². The molecule has 3 aromatic rings. The zero-order valence-corrected chi connectivity index (χ0v) is 18.5. The molecule has 0 aliphatic carbocycles. The highest BCUT2D eigenvalue weighted by atomic mass is 32.1. The van der Waals surface area contributed by atoms with Crippen molar-refractivity contribution in [1.29, 1.82) is 0 Å². The molecule has 0 spiro atoms. The average Bonchev–Trinajstić information content (AvgIpc) is 3.23. The second-order valence-corrected chi connectivity index (χ2v) is 8.41. The van der Waals surface area contributed by atoms with Crippen molar-refractivity contribution >= 4 is 32.6 Å². The van der Waals surface area contributed by atoms with Crippen LogP contribution in [0.2, 0.25) is 0 Å². The minimum absolute atomic E-state index is 0.0134. The van der Waals surface area contributed by atoms with Crippen LogP contribution < -0.4 is 14.4 Å². The highest BCUT2D eigenvalue weighted by molar-refractivity contribution is 7.22. The van der Waals surface area contributed by atoms with E-state index < -0.39 is 0 Å². The summed E-state index contributed by atoms with van der Waals surface area (Å²) in [5.41, 5.74) is 3.57. The second-order valence-electron chi connectivity index (χ2n) is 7.43. The van der Waals surface area contributed by atoms with E-state index in [4.69, 9.17) is 14.5 Å². The molecule has 1 fully saturated rings. The summed E-state index contributed by atoms with van der Waals surface area (Å²) in [6.45, 7) is 9.78. The SMILES string of the molecule is CCOc1ccc(OCC(=O)N2CCN(c3nc4c(C)ccc(C)c4s3)CC2)cc1. The van der Waals surface area contributed by atoms with E-state index in [0.29, 0.717) is 25.4 Å². The highest BCUT2D eigenvalue weighted by Crippen LogP contribution is 2.33. The monoisotopic (exact) mass is 425 g/mol. The van der Waals surface area contributed by atoms with Gasteiger partial charge in [-0.15, -0.1) is 0 Å². The maximum absolute atomic E-state index is 12.6. The van der Waals surface area contributed by atoms with Crippen LogP contribution in [0.5, 0.6) is 11.5 Å². The predicted molar refractivity (Wildman–Crippen MR) is 121 cm³/mol. The Labute approximate surface area is 181 Å². The number of carbonyl (C=O) groups is 1. The first-order valence-corrected chi connectivity index (χ1v) is 11.1. The molecule has 2 heterocycles. The van der Waals surface area contributed by atoms with Gasteiger partial charge in [-0.05, 0) is 56.2 Å². The number of amides is 1. The number of benzene rings is 2. The third-order valence-electron chi connectivity index (χ3n) is 5.33. The number of fused-ring (bicyclic) bond motifs is 1. The van der Waals surface area contributed by atoms with Gasteiger partial charge in [0.2, 0.25) is 0 Å². The summed E-state index contributed by atoms with van der Waals surface area (Å²) in [6.07, 6.45) is 0. The lowest BCUT2D eigenvalue weighted by molar-refractivity contribution is -0.133. The van der Waals surface area contributed by atoms with E-state index in [0.717, 1.165) is 29.5 Å². The Bertz CT molecular complexity index is 985. The van der Waals surface area contributed by atoms with Crippen LogP contribution >= 0.6 is 11.3 Å². The number of carbonyl (C=O) groups excluding carboxylic acids is 1. The van der Waals surface area contributed by atoms with Gasteiger partial charge in [-0.25, -0.2) is 4.98 Å². The Morgan fingerprint density at radius 3 is 2.23 bits per heavy atom. The number of ether oxygens (including phenoxy) is 2. The minimum Gasteiger partial charge on any atom is -0.494 e. The van der Waals surface area contributed by atoms with Gasteiger partial charge >= 0.3 is 0 Å². The summed E-state index contributed by atoms with van der Waals surface area (Å²) in [7, 11) is 0. The molecule has 0 saturated carbocycles. The van der Waals surface area contributed by atoms with Gasteiger partial charge in [0.1, 0.15) is 11.5 Å². The molecule has 0 N–H and O–H groups in total. The molecule has 1 saturated heterocycles. The molecule has 2 aromatic carbocycles. The molecule has 7 heteroatoms. The van der Waals surface area contributed by atoms with Crippen molar-refractivity contribution < 1.29 is 14.3 Å². The van der Waals surface area contributed by atoms with Crippen LogP contribution in [0.15, 0.2) is 36.4 Å². The van der Waals surface area contributed by atoms with Gasteiger partial charge in [0.05, 0.1) is 16.8 Å². The topological polar surface area (TPSA) is 54.9 Å². The molecular weight excluding hydrogens is 398 g/mol. The molecular formula is C23H27N3O3S. The Kier molecular flexibility index (Phi) is 6.08.